The normalized spacial score (nSPS) is 11.9. The highest BCUT2D eigenvalue weighted by Crippen LogP contribution is 2.18. The number of pyridine rings is 1. The van der Waals surface area contributed by atoms with Gasteiger partial charge in [-0.25, -0.2) is 4.98 Å². The van der Waals surface area contributed by atoms with Crippen LogP contribution in [-0.2, 0) is 4.79 Å². The molecule has 0 fully saturated rings. The van der Waals surface area contributed by atoms with Gasteiger partial charge in [0.15, 0.2) is 0 Å². The summed E-state index contributed by atoms with van der Waals surface area (Å²) in [5.41, 5.74) is 7.26. The maximum absolute atomic E-state index is 11.9. The summed E-state index contributed by atoms with van der Waals surface area (Å²) in [5.74, 6) is 0.312. The van der Waals surface area contributed by atoms with E-state index in [9.17, 15) is 4.79 Å². The van der Waals surface area contributed by atoms with E-state index in [1.807, 2.05) is 37.3 Å². The zero-order valence-corrected chi connectivity index (χ0v) is 13.9. The summed E-state index contributed by atoms with van der Waals surface area (Å²) >= 11 is 4.79. The number of rotatable bonds is 5. The van der Waals surface area contributed by atoms with Gasteiger partial charge in [-0.15, -0.1) is 0 Å². The Morgan fingerprint density at radius 3 is 2.67 bits per heavy atom. The van der Waals surface area contributed by atoms with E-state index in [0.717, 1.165) is 15.1 Å². The number of nitrogens with zero attached hydrogens (tertiary/aromatic N) is 1. The minimum atomic E-state index is -0.0226. The number of halogens is 1. The number of thioether (sulfide) groups is 1. The molecule has 110 valence electrons. The molecule has 1 aromatic carbocycles. The number of nitrogen functional groups attached to an aromatic ring is 1. The quantitative estimate of drug-likeness (QED) is 0.796. The summed E-state index contributed by atoms with van der Waals surface area (Å²) in [6, 6.07) is 11.5. The maximum Gasteiger partial charge on any atom is 0.230 e. The van der Waals surface area contributed by atoms with Crippen molar-refractivity contribution in [2.45, 2.75) is 18.0 Å². The standard InChI is InChI=1S/C15H16BrN3OS/c1-10(11-2-4-12(16)5-3-11)19-14(20)9-21-15-7-6-13(17)8-18-15/h2-8,10H,9,17H2,1H3,(H,19,20). The summed E-state index contributed by atoms with van der Waals surface area (Å²) in [6.07, 6.45) is 1.59. The van der Waals surface area contributed by atoms with Crippen LogP contribution in [0.3, 0.4) is 0 Å². The number of hydrogen-bond acceptors (Lipinski definition) is 4. The van der Waals surface area contributed by atoms with Crippen LogP contribution in [0.5, 0.6) is 0 Å². The number of aromatic nitrogens is 1. The van der Waals surface area contributed by atoms with Crippen molar-refractivity contribution < 1.29 is 4.79 Å². The summed E-state index contributed by atoms with van der Waals surface area (Å²) in [4.78, 5) is 16.1. The van der Waals surface area contributed by atoms with Crippen LogP contribution < -0.4 is 11.1 Å². The fourth-order valence-electron chi connectivity index (χ4n) is 1.73. The lowest BCUT2D eigenvalue weighted by Gasteiger charge is -2.14. The molecule has 0 saturated carbocycles. The number of carbonyl (C=O) groups is 1. The van der Waals surface area contributed by atoms with E-state index < -0.39 is 0 Å². The molecule has 0 spiro atoms. The molecule has 2 aromatic rings. The predicted octanol–water partition coefficient (Wildman–Crippen LogP) is 3.40. The molecule has 1 amide bonds. The maximum atomic E-state index is 11.9. The highest BCUT2D eigenvalue weighted by molar-refractivity contribution is 9.10. The molecule has 0 aliphatic heterocycles. The fraction of sp³-hybridized carbons (Fsp3) is 0.200. The van der Waals surface area contributed by atoms with Gasteiger partial charge in [-0.2, -0.15) is 0 Å². The largest absolute Gasteiger partial charge is 0.397 e. The molecule has 0 saturated heterocycles. The Hall–Kier alpha value is -1.53. The Kier molecular flexibility index (Phi) is 5.64. The third-order valence-corrected chi connectivity index (χ3v) is 4.33. The Morgan fingerprint density at radius 1 is 1.33 bits per heavy atom. The lowest BCUT2D eigenvalue weighted by atomic mass is 10.1. The van der Waals surface area contributed by atoms with E-state index in [1.165, 1.54) is 11.8 Å². The molecule has 0 aliphatic rings. The smallest absolute Gasteiger partial charge is 0.230 e. The van der Waals surface area contributed by atoms with E-state index in [-0.39, 0.29) is 11.9 Å². The van der Waals surface area contributed by atoms with Gasteiger partial charge in [0.25, 0.3) is 0 Å². The van der Waals surface area contributed by atoms with Crippen molar-refractivity contribution >= 4 is 39.3 Å². The molecule has 6 heteroatoms. The highest BCUT2D eigenvalue weighted by atomic mass is 79.9. The number of anilines is 1. The Morgan fingerprint density at radius 2 is 2.05 bits per heavy atom. The molecule has 21 heavy (non-hydrogen) atoms. The van der Waals surface area contributed by atoms with Gasteiger partial charge in [0.2, 0.25) is 5.91 Å². The summed E-state index contributed by atoms with van der Waals surface area (Å²) in [5, 5.41) is 3.76. The second-order valence-corrected chi connectivity index (χ2v) is 6.47. The van der Waals surface area contributed by atoms with E-state index in [0.29, 0.717) is 11.4 Å². The van der Waals surface area contributed by atoms with E-state index >= 15 is 0 Å². The first-order chi connectivity index (χ1) is 10.0. The number of nitrogens with one attached hydrogen (secondary N) is 1. The molecule has 0 radical (unpaired) electrons. The van der Waals surface area contributed by atoms with Gasteiger partial charge in [0.05, 0.1) is 28.7 Å². The molecule has 0 aliphatic carbocycles. The zero-order valence-electron chi connectivity index (χ0n) is 11.5. The molecular formula is C15H16BrN3OS. The molecule has 1 unspecified atom stereocenters. The molecule has 4 nitrogen and oxygen atoms in total. The SMILES string of the molecule is CC(NC(=O)CSc1ccc(N)cn1)c1ccc(Br)cc1. The van der Waals surface area contributed by atoms with Gasteiger partial charge in [-0.3, -0.25) is 4.79 Å². The summed E-state index contributed by atoms with van der Waals surface area (Å²) in [6.45, 7) is 1.97. The van der Waals surface area contributed by atoms with E-state index in [4.69, 9.17) is 5.73 Å². The monoisotopic (exact) mass is 365 g/mol. The Balaban J connectivity index is 1.83. The van der Waals surface area contributed by atoms with Gasteiger partial charge < -0.3 is 11.1 Å². The minimum absolute atomic E-state index is 0.0194. The van der Waals surface area contributed by atoms with Gasteiger partial charge >= 0.3 is 0 Å². The molecular weight excluding hydrogens is 350 g/mol. The molecule has 2 rings (SSSR count). The number of hydrogen-bond donors (Lipinski definition) is 2. The second kappa shape index (κ2) is 7.47. The predicted molar refractivity (Wildman–Crippen MR) is 90.1 cm³/mol. The van der Waals surface area contributed by atoms with Crippen molar-refractivity contribution in [2.24, 2.45) is 0 Å². The average Bonchev–Trinajstić information content (AvgIpc) is 2.47. The lowest BCUT2D eigenvalue weighted by molar-refractivity contribution is -0.119. The van der Waals surface area contributed by atoms with Crippen LogP contribution in [0.4, 0.5) is 5.69 Å². The fourth-order valence-corrected chi connectivity index (χ4v) is 2.65. The number of nitrogens with two attached hydrogens (primary N) is 1. The highest BCUT2D eigenvalue weighted by Gasteiger charge is 2.10. The average molecular weight is 366 g/mol. The van der Waals surface area contributed by atoms with Gasteiger partial charge in [0, 0.05) is 4.47 Å². The van der Waals surface area contributed by atoms with Gasteiger partial charge in [-0.1, -0.05) is 39.8 Å². The van der Waals surface area contributed by atoms with Crippen LogP contribution in [0.15, 0.2) is 52.1 Å². The summed E-state index contributed by atoms with van der Waals surface area (Å²) < 4.78 is 1.02. The van der Waals surface area contributed by atoms with E-state index in [2.05, 4.69) is 26.2 Å². The van der Waals surface area contributed by atoms with Crippen molar-refractivity contribution in [1.29, 1.82) is 0 Å². The van der Waals surface area contributed by atoms with Crippen LogP contribution in [0.25, 0.3) is 0 Å². The summed E-state index contributed by atoms with van der Waals surface area (Å²) in [7, 11) is 0. The van der Waals surface area contributed by atoms with Crippen LogP contribution in [-0.4, -0.2) is 16.6 Å². The molecule has 1 atom stereocenters. The van der Waals surface area contributed by atoms with Crippen LogP contribution in [0.2, 0.25) is 0 Å². The van der Waals surface area contributed by atoms with Crippen molar-refractivity contribution in [3.05, 3.63) is 52.6 Å². The minimum Gasteiger partial charge on any atom is -0.397 e. The second-order valence-electron chi connectivity index (χ2n) is 4.56. The van der Waals surface area contributed by atoms with Gasteiger partial charge in [0.1, 0.15) is 0 Å². The first-order valence-electron chi connectivity index (χ1n) is 6.44. The molecule has 0 bridgehead atoms. The third-order valence-electron chi connectivity index (χ3n) is 2.86. The topological polar surface area (TPSA) is 68.0 Å². The lowest BCUT2D eigenvalue weighted by Crippen LogP contribution is -2.28. The van der Waals surface area contributed by atoms with Crippen molar-refractivity contribution in [3.63, 3.8) is 0 Å². The number of benzene rings is 1. The number of carbonyl (C=O) groups excluding carboxylic acids is 1. The molecule has 3 N–H and O–H groups in total. The first kappa shape index (κ1) is 15.9. The van der Waals surface area contributed by atoms with E-state index in [1.54, 1.807) is 12.3 Å². The van der Waals surface area contributed by atoms with Crippen LogP contribution in [0.1, 0.15) is 18.5 Å². The zero-order chi connectivity index (χ0) is 15.2. The first-order valence-corrected chi connectivity index (χ1v) is 8.21. The van der Waals surface area contributed by atoms with Crippen LogP contribution >= 0.6 is 27.7 Å². The third kappa shape index (κ3) is 5.06. The molecule has 1 heterocycles. The van der Waals surface area contributed by atoms with Crippen LogP contribution in [0, 0.1) is 0 Å². The van der Waals surface area contributed by atoms with Gasteiger partial charge in [-0.05, 0) is 36.8 Å². The van der Waals surface area contributed by atoms with Crippen molar-refractivity contribution in [1.82, 2.24) is 10.3 Å². The Bertz CT molecular complexity index is 601. The van der Waals surface area contributed by atoms with Crippen molar-refractivity contribution in [3.8, 4) is 0 Å². The molecule has 1 aromatic heterocycles. The Labute approximate surface area is 136 Å². The van der Waals surface area contributed by atoms with Crippen molar-refractivity contribution in [2.75, 3.05) is 11.5 Å². The number of amides is 1.